The lowest BCUT2D eigenvalue weighted by Gasteiger charge is -2.13. The van der Waals surface area contributed by atoms with E-state index in [1.54, 1.807) is 18.2 Å². The second kappa shape index (κ2) is 20.2. The van der Waals surface area contributed by atoms with Gasteiger partial charge < -0.3 is 38.5 Å². The van der Waals surface area contributed by atoms with Crippen molar-refractivity contribution in [1.82, 2.24) is 0 Å². The van der Waals surface area contributed by atoms with E-state index in [-0.39, 0.29) is 24.5 Å². The van der Waals surface area contributed by atoms with Crippen molar-refractivity contribution < 1.29 is 51.1 Å². The third-order valence-corrected chi connectivity index (χ3v) is 5.14. The summed E-state index contributed by atoms with van der Waals surface area (Å²) in [6.45, 7) is 7.41. The number of esters is 1. The first-order valence-corrected chi connectivity index (χ1v) is 13.1. The Balaban J connectivity index is 1.50. The summed E-state index contributed by atoms with van der Waals surface area (Å²) in [6, 6.07) is 11.2. The minimum Gasteiger partial charge on any atom is -0.460 e. The lowest BCUT2D eigenvalue weighted by Crippen LogP contribution is -2.15. The normalized spacial score (nSPS) is 11.5. The molecule has 1 N–H and O–H groups in total. The van der Waals surface area contributed by atoms with Crippen LogP contribution >= 0.6 is 0 Å². The van der Waals surface area contributed by atoms with Gasteiger partial charge in [-0.2, -0.15) is 13.2 Å². The Kier molecular flexibility index (Phi) is 16.9. The van der Waals surface area contributed by atoms with E-state index in [9.17, 15) is 18.0 Å². The third kappa shape index (κ3) is 14.6. The lowest BCUT2D eigenvalue weighted by atomic mass is 10.1. The van der Waals surface area contributed by atoms with E-state index in [2.05, 4.69) is 5.32 Å². The van der Waals surface area contributed by atoms with Gasteiger partial charge in [-0.05, 0) is 37.3 Å². The van der Waals surface area contributed by atoms with Crippen LogP contribution in [-0.2, 0) is 39.3 Å². The Morgan fingerprint density at radius 2 is 1.18 bits per heavy atom. The van der Waals surface area contributed by atoms with E-state index in [0.717, 1.165) is 12.1 Å². The zero-order valence-corrected chi connectivity index (χ0v) is 22.7. The van der Waals surface area contributed by atoms with Crippen molar-refractivity contribution in [1.29, 1.82) is 0 Å². The molecule has 12 heteroatoms. The molecule has 40 heavy (non-hydrogen) atoms. The highest BCUT2D eigenvalue weighted by Crippen LogP contribution is 2.32. The molecule has 0 unspecified atom stereocenters. The van der Waals surface area contributed by atoms with Crippen LogP contribution in [0.25, 0.3) is 0 Å². The van der Waals surface area contributed by atoms with Gasteiger partial charge >= 0.3 is 12.1 Å². The number of alkyl halides is 3. The third-order valence-electron chi connectivity index (χ3n) is 5.14. The fraction of sp³-hybridized carbons (Fsp3) is 0.536. The number of carbonyl (C=O) groups is 1. The highest BCUT2D eigenvalue weighted by Gasteiger charge is 2.30. The van der Waals surface area contributed by atoms with E-state index in [1.165, 1.54) is 18.2 Å². The minimum atomic E-state index is -4.47. The Morgan fingerprint density at radius 3 is 1.70 bits per heavy atom. The van der Waals surface area contributed by atoms with Gasteiger partial charge in [-0.25, -0.2) is 4.79 Å². The maximum Gasteiger partial charge on any atom is 0.416 e. The summed E-state index contributed by atoms with van der Waals surface area (Å²) in [6.07, 6.45) is -4.47. The van der Waals surface area contributed by atoms with Crippen LogP contribution in [0.15, 0.2) is 48.5 Å². The molecule has 0 aliphatic carbocycles. The first kappa shape index (κ1) is 33.5. The monoisotopic (exact) mass is 573 g/mol. The number of carbonyl (C=O) groups excluding carboxylic acids is 1. The van der Waals surface area contributed by atoms with E-state index in [0.29, 0.717) is 78.4 Å². The van der Waals surface area contributed by atoms with Crippen molar-refractivity contribution in [3.8, 4) is 0 Å². The lowest BCUT2D eigenvalue weighted by molar-refractivity contribution is -0.137. The molecule has 0 atom stereocenters. The maximum atomic E-state index is 13.0. The van der Waals surface area contributed by atoms with Gasteiger partial charge in [0.15, 0.2) is 0 Å². The van der Waals surface area contributed by atoms with Gasteiger partial charge in [-0.1, -0.05) is 18.2 Å². The average molecular weight is 574 g/mol. The van der Waals surface area contributed by atoms with Crippen molar-refractivity contribution in [3.63, 3.8) is 0 Å². The molecule has 0 bridgehead atoms. The fourth-order valence-electron chi connectivity index (χ4n) is 3.21. The number of halogens is 3. The molecule has 0 aliphatic heterocycles. The van der Waals surface area contributed by atoms with Crippen molar-refractivity contribution in [3.05, 3.63) is 59.7 Å². The predicted molar refractivity (Wildman–Crippen MR) is 142 cm³/mol. The van der Waals surface area contributed by atoms with Crippen LogP contribution in [0, 0.1) is 0 Å². The summed E-state index contributed by atoms with van der Waals surface area (Å²) in [4.78, 5) is 12.5. The molecule has 2 aromatic carbocycles. The predicted octanol–water partition coefficient (Wildman–Crippen LogP) is 4.73. The number of hydrogen-bond acceptors (Lipinski definition) is 9. The standard InChI is InChI=1S/C28H38F3NO8/c1-2-34-10-11-35-12-13-36-14-15-37-16-17-38-18-19-39-20-21-40-27(33)25-8-3-4-9-26(25)32-24-7-5-6-23(22-24)28(29,30)31/h3-9,22,32H,2,10-21H2,1H3. The number of ether oxygens (including phenoxy) is 7. The van der Waals surface area contributed by atoms with Crippen LogP contribution in [0.5, 0.6) is 0 Å². The SMILES string of the molecule is CCOCCOCCOCCOCCOCCOCCOC(=O)c1ccccc1Nc1cccc(C(F)(F)F)c1. The number of nitrogens with one attached hydrogen (secondary N) is 1. The first-order chi connectivity index (χ1) is 19.4. The number of hydrogen-bond donors (Lipinski definition) is 1. The summed E-state index contributed by atoms with van der Waals surface area (Å²) in [5.41, 5.74) is -0.0635. The van der Waals surface area contributed by atoms with Crippen LogP contribution in [0.3, 0.4) is 0 Å². The van der Waals surface area contributed by atoms with Gasteiger partial charge in [0.1, 0.15) is 6.61 Å². The Hall–Kier alpha value is -2.74. The summed E-state index contributed by atoms with van der Waals surface area (Å²) in [7, 11) is 0. The quantitative estimate of drug-likeness (QED) is 0.159. The average Bonchev–Trinajstić information content (AvgIpc) is 2.94. The largest absolute Gasteiger partial charge is 0.460 e. The molecule has 0 aromatic heterocycles. The smallest absolute Gasteiger partial charge is 0.416 e. The molecule has 0 saturated heterocycles. The highest BCUT2D eigenvalue weighted by molar-refractivity contribution is 5.96. The number of anilines is 2. The van der Waals surface area contributed by atoms with E-state index >= 15 is 0 Å². The molecule has 0 spiro atoms. The molecule has 224 valence electrons. The molecule has 0 saturated carbocycles. The zero-order valence-electron chi connectivity index (χ0n) is 22.7. The van der Waals surface area contributed by atoms with Crippen molar-refractivity contribution in [2.75, 3.05) is 91.2 Å². The molecular formula is C28H38F3NO8. The van der Waals surface area contributed by atoms with Crippen LogP contribution in [0.4, 0.5) is 24.5 Å². The molecule has 0 aliphatic rings. The number of para-hydroxylation sites is 1. The van der Waals surface area contributed by atoms with Crippen molar-refractivity contribution in [2.45, 2.75) is 13.1 Å². The topological polar surface area (TPSA) is 93.7 Å². The molecule has 0 radical (unpaired) electrons. The maximum absolute atomic E-state index is 13.0. The molecule has 0 amide bonds. The van der Waals surface area contributed by atoms with Crippen LogP contribution < -0.4 is 5.32 Å². The highest BCUT2D eigenvalue weighted by atomic mass is 19.4. The first-order valence-electron chi connectivity index (χ1n) is 13.1. The molecule has 0 fully saturated rings. The van der Waals surface area contributed by atoms with Crippen molar-refractivity contribution in [2.24, 2.45) is 0 Å². The van der Waals surface area contributed by atoms with E-state index < -0.39 is 17.7 Å². The number of rotatable bonds is 22. The van der Waals surface area contributed by atoms with Gasteiger partial charge in [-0.15, -0.1) is 0 Å². The molecular weight excluding hydrogens is 535 g/mol. The molecule has 2 aromatic rings. The summed E-state index contributed by atoms with van der Waals surface area (Å²) in [5.74, 6) is -0.620. The van der Waals surface area contributed by atoms with Gasteiger partial charge in [0.05, 0.1) is 89.5 Å². The van der Waals surface area contributed by atoms with Gasteiger partial charge in [-0.3, -0.25) is 0 Å². The minimum absolute atomic E-state index is 0.0113. The molecule has 9 nitrogen and oxygen atoms in total. The summed E-state index contributed by atoms with van der Waals surface area (Å²) >= 11 is 0. The van der Waals surface area contributed by atoms with Crippen molar-refractivity contribution >= 4 is 17.3 Å². The van der Waals surface area contributed by atoms with Crippen LogP contribution in [0.2, 0.25) is 0 Å². The molecule has 2 rings (SSSR count). The van der Waals surface area contributed by atoms with Gasteiger partial charge in [0.2, 0.25) is 0 Å². The second-order valence-electron chi connectivity index (χ2n) is 8.14. The number of benzene rings is 2. The van der Waals surface area contributed by atoms with E-state index in [1.807, 2.05) is 6.92 Å². The second-order valence-corrected chi connectivity index (χ2v) is 8.14. The summed E-state index contributed by atoms with van der Waals surface area (Å²) < 4.78 is 76.3. The Bertz CT molecular complexity index is 961. The Labute approximate surface area is 232 Å². The summed E-state index contributed by atoms with van der Waals surface area (Å²) in [5, 5.41) is 2.85. The fourth-order valence-corrected chi connectivity index (χ4v) is 3.21. The van der Waals surface area contributed by atoms with Crippen LogP contribution in [0.1, 0.15) is 22.8 Å². The molecule has 0 heterocycles. The Morgan fingerprint density at radius 1 is 0.675 bits per heavy atom. The zero-order chi connectivity index (χ0) is 28.9. The van der Waals surface area contributed by atoms with Crippen LogP contribution in [-0.4, -0.2) is 91.9 Å². The van der Waals surface area contributed by atoms with Gasteiger partial charge in [0.25, 0.3) is 0 Å². The van der Waals surface area contributed by atoms with E-state index in [4.69, 9.17) is 33.2 Å². The van der Waals surface area contributed by atoms with Gasteiger partial charge in [0, 0.05) is 12.3 Å².